The second-order valence-corrected chi connectivity index (χ2v) is 8.69. The lowest BCUT2D eigenvalue weighted by Gasteiger charge is -2.39. The molecule has 3 rings (SSSR count). The number of rotatable bonds is 6. The van der Waals surface area contributed by atoms with E-state index in [1.54, 1.807) is 18.2 Å². The van der Waals surface area contributed by atoms with Gasteiger partial charge in [0.15, 0.2) is 0 Å². The highest BCUT2D eigenvalue weighted by Gasteiger charge is 2.44. The summed E-state index contributed by atoms with van der Waals surface area (Å²) in [5, 5.41) is 52.9. The molecular formula is C16H20N2O10S2. The first-order chi connectivity index (χ1) is 14.1. The van der Waals surface area contributed by atoms with Gasteiger partial charge in [0.2, 0.25) is 0 Å². The molecule has 0 aliphatic carbocycles. The molecule has 0 unspecified atom stereocenters. The van der Waals surface area contributed by atoms with Crippen molar-refractivity contribution in [2.75, 3.05) is 6.61 Å². The number of ether oxygens (including phenoxy) is 1. The maximum atomic E-state index is 10.9. The second kappa shape index (κ2) is 9.07. The van der Waals surface area contributed by atoms with Crippen LogP contribution in [0.4, 0.5) is 0 Å². The number of hydrogen-bond donors (Lipinski definition) is 7. The Morgan fingerprint density at radius 3 is 2.60 bits per heavy atom. The minimum Gasteiger partial charge on any atom is -0.507 e. The molecule has 0 bridgehead atoms. The summed E-state index contributed by atoms with van der Waals surface area (Å²) >= 11 is 0.661. The molecule has 0 saturated carbocycles. The van der Waals surface area contributed by atoms with Crippen molar-refractivity contribution in [3.8, 4) is 5.75 Å². The number of nitrogens with one attached hydrogen (secondary N) is 1. The molecule has 1 aliphatic rings. The normalized spacial score (nSPS) is 28.0. The van der Waals surface area contributed by atoms with Crippen molar-refractivity contribution in [1.29, 1.82) is 0 Å². The van der Waals surface area contributed by atoms with Crippen LogP contribution in [0.25, 0.3) is 10.9 Å². The van der Waals surface area contributed by atoms with Gasteiger partial charge < -0.3 is 35.3 Å². The molecule has 1 aliphatic heterocycles. The molecule has 0 spiro atoms. The van der Waals surface area contributed by atoms with Crippen molar-refractivity contribution in [1.82, 2.24) is 4.98 Å². The Labute approximate surface area is 174 Å². The zero-order chi connectivity index (χ0) is 22.1. The highest BCUT2D eigenvalue weighted by Crippen LogP contribution is 2.31. The van der Waals surface area contributed by atoms with Gasteiger partial charge >= 0.3 is 10.4 Å². The molecule has 2 heterocycles. The van der Waals surface area contributed by atoms with Gasteiger partial charge in [-0.15, -0.1) is 0 Å². The summed E-state index contributed by atoms with van der Waals surface area (Å²) in [6.45, 7) is -0.642. The van der Waals surface area contributed by atoms with Crippen LogP contribution in [0.1, 0.15) is 5.69 Å². The maximum absolute atomic E-state index is 10.9. The number of aliphatic hydroxyl groups excluding tert-OH is 4. The van der Waals surface area contributed by atoms with Crippen LogP contribution < -0.4 is 0 Å². The van der Waals surface area contributed by atoms with Gasteiger partial charge in [-0.05, 0) is 18.2 Å². The van der Waals surface area contributed by atoms with Gasteiger partial charge in [0.05, 0.1) is 6.61 Å². The number of aromatic amines is 1. The van der Waals surface area contributed by atoms with Gasteiger partial charge in [-0.3, -0.25) is 4.55 Å². The van der Waals surface area contributed by atoms with Gasteiger partial charge in [-0.25, -0.2) is 4.28 Å². The lowest BCUT2D eigenvalue weighted by atomic mass is 10.0. The lowest BCUT2D eigenvalue weighted by molar-refractivity contribution is -0.205. The summed E-state index contributed by atoms with van der Waals surface area (Å²) < 4.78 is 40.1. The van der Waals surface area contributed by atoms with Crippen LogP contribution in [0.3, 0.4) is 0 Å². The van der Waals surface area contributed by atoms with Gasteiger partial charge in [0, 0.05) is 23.0 Å². The van der Waals surface area contributed by atoms with E-state index >= 15 is 0 Å². The summed E-state index contributed by atoms with van der Waals surface area (Å²) in [5.74, 6) is 0.0178. The van der Waals surface area contributed by atoms with Crippen LogP contribution >= 0.6 is 11.8 Å². The number of phenols is 1. The van der Waals surface area contributed by atoms with E-state index in [9.17, 15) is 34.0 Å². The van der Waals surface area contributed by atoms with Crippen molar-refractivity contribution in [3.05, 3.63) is 30.0 Å². The topological polar surface area (TPSA) is 202 Å². The monoisotopic (exact) mass is 464 g/mol. The minimum atomic E-state index is -4.92. The Morgan fingerprint density at radius 1 is 1.23 bits per heavy atom. The van der Waals surface area contributed by atoms with Crippen LogP contribution in [0.2, 0.25) is 0 Å². The fraction of sp³-hybridized carbons (Fsp3) is 0.438. The number of fused-ring (bicyclic) bond motifs is 1. The molecule has 166 valence electrons. The molecule has 1 saturated heterocycles. The molecule has 0 radical (unpaired) electrons. The lowest BCUT2D eigenvalue weighted by Crippen LogP contribution is -2.57. The first-order valence-electron chi connectivity index (χ1n) is 8.58. The SMILES string of the molecule is O=S(=O)(O)O/N=C(/Cc1cc2c(O)cccc2[nH]1)S[C@@H]1O[C@H](CO)[C@@H](O)[C@H](O)[C@H]1O. The van der Waals surface area contributed by atoms with Crippen LogP contribution in [0.15, 0.2) is 29.4 Å². The Balaban J connectivity index is 1.86. The highest BCUT2D eigenvalue weighted by molar-refractivity contribution is 8.14. The quantitative estimate of drug-likeness (QED) is 0.121. The van der Waals surface area contributed by atoms with E-state index in [1.807, 2.05) is 0 Å². The fourth-order valence-electron chi connectivity index (χ4n) is 2.94. The average molecular weight is 464 g/mol. The molecule has 30 heavy (non-hydrogen) atoms. The van der Waals surface area contributed by atoms with Gasteiger partial charge in [0.1, 0.15) is 40.6 Å². The van der Waals surface area contributed by atoms with Crippen molar-refractivity contribution in [2.45, 2.75) is 36.3 Å². The third-order valence-corrected chi connectivity index (χ3v) is 5.75. The number of phenolic OH excluding ortho intramolecular Hbond substituents is 1. The van der Waals surface area contributed by atoms with Crippen LogP contribution in [-0.4, -0.2) is 85.0 Å². The van der Waals surface area contributed by atoms with E-state index in [-0.39, 0.29) is 17.2 Å². The van der Waals surface area contributed by atoms with Crippen LogP contribution in [-0.2, 0) is 25.8 Å². The molecule has 12 nitrogen and oxygen atoms in total. The number of aliphatic hydroxyl groups is 4. The Bertz CT molecular complexity index is 1020. The Morgan fingerprint density at radius 2 is 1.97 bits per heavy atom. The van der Waals surface area contributed by atoms with E-state index in [0.29, 0.717) is 28.4 Å². The second-order valence-electron chi connectivity index (χ2n) is 6.51. The summed E-state index contributed by atoms with van der Waals surface area (Å²) in [7, 11) is -4.92. The maximum Gasteiger partial charge on any atom is 0.466 e. The number of nitrogens with zero attached hydrogens (tertiary/aromatic N) is 1. The van der Waals surface area contributed by atoms with Crippen molar-refractivity contribution in [2.24, 2.45) is 5.16 Å². The standard InChI is InChI=1S/C16H20N2O10S2/c19-6-11-13(21)14(22)15(23)16(27-11)29-12(18-28-30(24,25)26)5-7-4-8-9(17-7)2-1-3-10(8)20/h1-4,11,13-17,19-23H,5-6H2,(H,24,25,26)/b18-12-/t11-,13-,14+,15-,16+/m1/s1. The van der Waals surface area contributed by atoms with E-state index in [0.717, 1.165) is 0 Å². The van der Waals surface area contributed by atoms with Crippen molar-refractivity contribution < 1.29 is 47.5 Å². The summed E-state index contributed by atoms with van der Waals surface area (Å²) in [6.07, 6.45) is -6.07. The third kappa shape index (κ3) is 5.22. The van der Waals surface area contributed by atoms with E-state index in [1.165, 1.54) is 6.07 Å². The van der Waals surface area contributed by atoms with Crippen LogP contribution in [0, 0.1) is 0 Å². The highest BCUT2D eigenvalue weighted by atomic mass is 32.3. The van der Waals surface area contributed by atoms with Gasteiger partial charge in [0.25, 0.3) is 0 Å². The average Bonchev–Trinajstić information content (AvgIpc) is 3.10. The number of thioether (sulfide) groups is 1. The fourth-order valence-corrected chi connectivity index (χ4v) is 4.26. The number of H-pyrrole nitrogens is 1. The predicted octanol–water partition coefficient (Wildman–Crippen LogP) is -0.918. The zero-order valence-electron chi connectivity index (χ0n) is 15.2. The summed E-state index contributed by atoms with van der Waals surface area (Å²) in [6, 6.07) is 6.40. The summed E-state index contributed by atoms with van der Waals surface area (Å²) in [4.78, 5) is 2.99. The Hall–Kier alpha value is -1.91. The van der Waals surface area contributed by atoms with E-state index < -0.39 is 46.9 Å². The molecule has 1 aromatic heterocycles. The number of aromatic nitrogens is 1. The molecule has 7 N–H and O–H groups in total. The van der Waals surface area contributed by atoms with E-state index in [4.69, 9.17) is 9.29 Å². The van der Waals surface area contributed by atoms with Crippen LogP contribution in [0.5, 0.6) is 5.75 Å². The molecule has 14 heteroatoms. The van der Waals surface area contributed by atoms with Crippen molar-refractivity contribution in [3.63, 3.8) is 0 Å². The number of benzene rings is 1. The summed E-state index contributed by atoms with van der Waals surface area (Å²) in [5.41, 5.74) is -0.179. The number of hydrogen-bond acceptors (Lipinski definition) is 11. The smallest absolute Gasteiger partial charge is 0.466 e. The predicted molar refractivity (Wildman–Crippen MR) is 105 cm³/mol. The largest absolute Gasteiger partial charge is 0.507 e. The molecular weight excluding hydrogens is 444 g/mol. The zero-order valence-corrected chi connectivity index (χ0v) is 16.8. The van der Waals surface area contributed by atoms with Gasteiger partial charge in [-0.2, -0.15) is 8.42 Å². The first kappa shape index (κ1) is 22.8. The van der Waals surface area contributed by atoms with Crippen molar-refractivity contribution >= 4 is 38.1 Å². The molecule has 5 atom stereocenters. The molecule has 1 fully saturated rings. The molecule has 2 aromatic rings. The third-order valence-electron chi connectivity index (χ3n) is 4.37. The minimum absolute atomic E-state index is 0.0178. The van der Waals surface area contributed by atoms with E-state index in [2.05, 4.69) is 14.4 Å². The molecule has 0 amide bonds. The first-order valence-corrected chi connectivity index (χ1v) is 10.8. The number of aromatic hydroxyl groups is 1. The number of oxime groups is 1. The molecule has 1 aromatic carbocycles. The van der Waals surface area contributed by atoms with Gasteiger partial charge in [-0.1, -0.05) is 23.0 Å². The Kier molecular flexibility index (Phi) is 6.88.